The van der Waals surface area contributed by atoms with Crippen LogP contribution in [0.3, 0.4) is 0 Å². The minimum Gasteiger partial charge on any atom is -0.387 e. The zero-order valence-corrected chi connectivity index (χ0v) is 27.4. The van der Waals surface area contributed by atoms with Crippen LogP contribution in [0.2, 0.25) is 0 Å². The molecule has 0 bridgehead atoms. The predicted molar refractivity (Wildman–Crippen MR) is 176 cm³/mol. The first kappa shape index (κ1) is 35.0. The van der Waals surface area contributed by atoms with Crippen molar-refractivity contribution in [3.05, 3.63) is 52.1 Å². The zero-order valence-electron chi connectivity index (χ0n) is 26.6. The van der Waals surface area contributed by atoms with E-state index in [4.69, 9.17) is 19.5 Å². The minimum atomic E-state index is -0.697. The molecule has 0 aliphatic rings. The van der Waals surface area contributed by atoms with Crippen molar-refractivity contribution in [3.63, 3.8) is 0 Å². The molecule has 44 heavy (non-hydrogen) atoms. The number of aliphatic hydroxyl groups is 1. The minimum absolute atomic E-state index is 0.129. The third kappa shape index (κ3) is 8.78. The van der Waals surface area contributed by atoms with E-state index in [0.29, 0.717) is 18.7 Å². The lowest BCUT2D eigenvalue weighted by Gasteiger charge is -2.24. The van der Waals surface area contributed by atoms with Crippen molar-refractivity contribution >= 4 is 35.6 Å². The number of unbranched alkanes of at least 4 members (excludes halogenated alkanes) is 3. The lowest BCUT2D eigenvalue weighted by atomic mass is 9.85. The number of amides is 1. The van der Waals surface area contributed by atoms with Gasteiger partial charge in [-0.15, -0.1) is 11.3 Å². The van der Waals surface area contributed by atoms with E-state index < -0.39 is 6.10 Å². The Balaban J connectivity index is 0.00000259. The Morgan fingerprint density at radius 3 is 2.61 bits per heavy atom. The van der Waals surface area contributed by atoms with Gasteiger partial charge in [-0.3, -0.25) is 15.2 Å². The summed E-state index contributed by atoms with van der Waals surface area (Å²) in [5.74, 6) is 0. The van der Waals surface area contributed by atoms with Crippen LogP contribution in [0.25, 0.3) is 33.7 Å². The number of methoxy groups -OCH3 is 1. The molecule has 0 saturated carbocycles. The second kappa shape index (κ2) is 17.1. The van der Waals surface area contributed by atoms with Gasteiger partial charge in [-0.1, -0.05) is 26.7 Å². The Bertz CT molecular complexity index is 1480. The van der Waals surface area contributed by atoms with Crippen molar-refractivity contribution in [2.75, 3.05) is 20.3 Å². The molecule has 1 unspecified atom stereocenters. The molecule has 0 aromatic carbocycles. The van der Waals surface area contributed by atoms with E-state index in [1.807, 2.05) is 12.9 Å². The van der Waals surface area contributed by atoms with Crippen LogP contribution in [-0.2, 0) is 33.7 Å². The van der Waals surface area contributed by atoms with Crippen molar-refractivity contribution in [1.82, 2.24) is 30.4 Å². The van der Waals surface area contributed by atoms with Crippen molar-refractivity contribution in [2.24, 2.45) is 5.41 Å². The molecule has 4 aromatic heterocycles. The normalized spacial score (nSPS) is 12.1. The van der Waals surface area contributed by atoms with Gasteiger partial charge >= 0.3 is 0 Å². The van der Waals surface area contributed by atoms with Crippen LogP contribution in [0.15, 0.2) is 35.8 Å². The molecule has 10 nitrogen and oxygen atoms in total. The van der Waals surface area contributed by atoms with Crippen LogP contribution in [-0.4, -0.2) is 58.1 Å². The Kier molecular flexibility index (Phi) is 13.6. The number of nitrogens with zero attached hydrogens (tertiary/aromatic N) is 4. The highest BCUT2D eigenvalue weighted by atomic mass is 32.1. The topological polar surface area (TPSA) is 131 Å². The third-order valence-corrected chi connectivity index (χ3v) is 8.33. The van der Waals surface area contributed by atoms with Crippen molar-refractivity contribution in [3.8, 4) is 22.6 Å². The zero-order chi connectivity index (χ0) is 32.1. The SMILES string of the molecule is C=O.CCn1c(-c2cccnc2C(C)O)c(CC(C)(C)COC)c2nc(-c3csc(CCCCCCNNC=O)n3)ccc21. The summed E-state index contributed by atoms with van der Waals surface area (Å²) >= 11 is 1.69. The molecule has 0 fully saturated rings. The second-order valence-electron chi connectivity index (χ2n) is 11.5. The largest absolute Gasteiger partial charge is 0.387 e. The maximum absolute atomic E-state index is 10.6. The molecule has 3 N–H and O–H groups in total. The number of hydrogen-bond donors (Lipinski definition) is 3. The standard InChI is InChI=1S/C32H44N6O3S.CH2O/c1-6-38-27-15-14-25(26-19-42-28(36-26)13-9-7-8-10-17-34-35-21-39)37-30(27)24(18-32(3,4)20-41-5)31(38)23-12-11-16-33-29(23)22(2)40;1-2/h11-12,14-16,19,21-22,34,40H,6-10,13,17-18,20H2,1-5H3,(H,35,39);1H2. The molecule has 1 amide bonds. The number of carbonyl (C=O) groups is 2. The Morgan fingerprint density at radius 1 is 1.14 bits per heavy atom. The lowest BCUT2D eigenvalue weighted by Crippen LogP contribution is -2.30. The van der Waals surface area contributed by atoms with Crippen LogP contribution in [0, 0.1) is 5.41 Å². The van der Waals surface area contributed by atoms with Crippen LogP contribution in [0.5, 0.6) is 0 Å². The number of hydrogen-bond acceptors (Lipinski definition) is 9. The van der Waals surface area contributed by atoms with Gasteiger partial charge in [-0.05, 0) is 69.2 Å². The van der Waals surface area contributed by atoms with Gasteiger partial charge in [0.1, 0.15) is 6.79 Å². The summed E-state index contributed by atoms with van der Waals surface area (Å²) in [7, 11) is 1.74. The first-order valence-electron chi connectivity index (χ1n) is 15.1. The number of pyridine rings is 2. The van der Waals surface area contributed by atoms with Crippen molar-refractivity contribution in [1.29, 1.82) is 0 Å². The lowest BCUT2D eigenvalue weighted by molar-refractivity contribution is -0.110. The molecule has 0 saturated heterocycles. The van der Waals surface area contributed by atoms with E-state index in [1.54, 1.807) is 31.6 Å². The fourth-order valence-corrected chi connectivity index (χ4v) is 6.44. The molecular formula is C33H46N6O4S. The first-order chi connectivity index (χ1) is 21.3. The van der Waals surface area contributed by atoms with Gasteiger partial charge in [0.15, 0.2) is 0 Å². The molecule has 4 rings (SSSR count). The summed E-state index contributed by atoms with van der Waals surface area (Å²) in [4.78, 5) is 33.0. The monoisotopic (exact) mass is 622 g/mol. The van der Waals surface area contributed by atoms with Gasteiger partial charge in [-0.25, -0.2) is 15.4 Å². The van der Waals surface area contributed by atoms with Gasteiger partial charge in [0.05, 0.1) is 51.5 Å². The van der Waals surface area contributed by atoms with Crippen molar-refractivity contribution in [2.45, 2.75) is 78.9 Å². The van der Waals surface area contributed by atoms with Gasteiger partial charge in [0.25, 0.3) is 0 Å². The molecule has 4 aromatic rings. The molecule has 4 heterocycles. The van der Waals surface area contributed by atoms with E-state index in [1.165, 1.54) is 0 Å². The highest BCUT2D eigenvalue weighted by molar-refractivity contribution is 7.09. The van der Waals surface area contributed by atoms with Gasteiger partial charge in [0.2, 0.25) is 6.41 Å². The molecule has 0 aliphatic carbocycles. The average molecular weight is 623 g/mol. The third-order valence-electron chi connectivity index (χ3n) is 7.42. The number of carbonyl (C=O) groups excluding carboxylic acids is 2. The van der Waals surface area contributed by atoms with Crippen LogP contribution < -0.4 is 10.9 Å². The van der Waals surface area contributed by atoms with Crippen LogP contribution >= 0.6 is 11.3 Å². The van der Waals surface area contributed by atoms with E-state index in [0.717, 1.165) is 95.9 Å². The first-order valence-corrected chi connectivity index (χ1v) is 16.0. The number of thiazole rings is 1. The van der Waals surface area contributed by atoms with E-state index in [2.05, 4.69) is 64.8 Å². The maximum Gasteiger partial charge on any atom is 0.221 e. The summed E-state index contributed by atoms with van der Waals surface area (Å²) in [6.45, 7) is 12.5. The van der Waals surface area contributed by atoms with Crippen LogP contribution in [0.4, 0.5) is 0 Å². The van der Waals surface area contributed by atoms with Gasteiger partial charge in [-0.2, -0.15) is 0 Å². The quantitative estimate of drug-likeness (QED) is 0.0779. The summed E-state index contributed by atoms with van der Waals surface area (Å²) in [6.07, 6.45) is 7.73. The highest BCUT2D eigenvalue weighted by Gasteiger charge is 2.28. The second-order valence-corrected chi connectivity index (χ2v) is 12.4. The molecule has 238 valence electrons. The molecule has 0 radical (unpaired) electrons. The molecular weight excluding hydrogens is 576 g/mol. The number of ether oxygens (including phenoxy) is 1. The van der Waals surface area contributed by atoms with Gasteiger partial charge < -0.3 is 19.2 Å². The molecule has 11 heteroatoms. The van der Waals surface area contributed by atoms with E-state index in [9.17, 15) is 9.90 Å². The summed E-state index contributed by atoms with van der Waals surface area (Å²) in [5, 5.41) is 13.8. The Hall–Kier alpha value is -3.51. The number of rotatable bonds is 17. The average Bonchev–Trinajstić information content (AvgIpc) is 3.61. The summed E-state index contributed by atoms with van der Waals surface area (Å²) in [6, 6.07) is 8.21. The number of aryl methyl sites for hydroxylation is 2. The molecule has 1 atom stereocenters. The Morgan fingerprint density at radius 2 is 1.91 bits per heavy atom. The van der Waals surface area contributed by atoms with E-state index in [-0.39, 0.29) is 5.41 Å². The number of fused-ring (bicyclic) bond motifs is 1. The summed E-state index contributed by atoms with van der Waals surface area (Å²) < 4.78 is 7.89. The number of nitrogens with one attached hydrogen (secondary N) is 2. The van der Waals surface area contributed by atoms with Crippen LogP contribution in [0.1, 0.15) is 75.7 Å². The summed E-state index contributed by atoms with van der Waals surface area (Å²) in [5.41, 5.74) is 12.8. The van der Waals surface area contributed by atoms with E-state index >= 15 is 0 Å². The number of aromatic nitrogens is 4. The maximum atomic E-state index is 10.6. The fraction of sp³-hybridized carbons (Fsp3) is 0.485. The number of hydrazine groups is 1. The fourth-order valence-electron chi connectivity index (χ4n) is 5.61. The Labute approximate surface area is 264 Å². The molecule has 0 aliphatic heterocycles. The van der Waals surface area contributed by atoms with Gasteiger partial charge in [0, 0.05) is 42.9 Å². The smallest absolute Gasteiger partial charge is 0.221 e. The van der Waals surface area contributed by atoms with Crippen molar-refractivity contribution < 1.29 is 19.4 Å². The predicted octanol–water partition coefficient (Wildman–Crippen LogP) is 5.68. The molecule has 0 spiro atoms. The number of aliphatic hydroxyl groups excluding tert-OH is 1. The highest BCUT2D eigenvalue weighted by Crippen LogP contribution is 2.40.